The minimum Gasteiger partial charge on any atom is -0.469 e. The minimum absolute atomic E-state index is 0.117. The number of fused-ring (bicyclic) bond motifs is 1. The van der Waals surface area contributed by atoms with Crippen LogP contribution in [0.3, 0.4) is 0 Å². The van der Waals surface area contributed by atoms with Crippen LogP contribution >= 0.6 is 0 Å². The number of methoxy groups -OCH3 is 1. The third kappa shape index (κ3) is 4.86. The molecule has 1 aliphatic carbocycles. The maximum absolute atomic E-state index is 12.7. The predicted octanol–water partition coefficient (Wildman–Crippen LogP) is 3.10. The van der Waals surface area contributed by atoms with Crippen molar-refractivity contribution in [2.45, 2.75) is 51.9 Å². The Morgan fingerprint density at radius 2 is 1.90 bits per heavy atom. The Kier molecular flexibility index (Phi) is 6.24. The van der Waals surface area contributed by atoms with E-state index in [1.165, 1.54) is 7.11 Å². The van der Waals surface area contributed by atoms with Crippen molar-refractivity contribution in [2.75, 3.05) is 20.2 Å². The molecule has 30 heavy (non-hydrogen) atoms. The molecular weight excluding hydrogens is 388 g/mol. The van der Waals surface area contributed by atoms with Crippen molar-refractivity contribution < 1.29 is 28.6 Å². The number of alkyl carbamates (subject to hydrolysis) is 1. The maximum Gasteiger partial charge on any atom is 0.410 e. The molecule has 8 heteroatoms. The molecule has 1 aliphatic heterocycles. The van der Waals surface area contributed by atoms with Gasteiger partial charge < -0.3 is 24.4 Å². The lowest BCUT2D eigenvalue weighted by atomic mass is 9.81. The number of likely N-dealkylation sites (tertiary alicyclic amines) is 1. The van der Waals surface area contributed by atoms with Crippen molar-refractivity contribution in [3.8, 4) is 0 Å². The average Bonchev–Trinajstić information content (AvgIpc) is 3.19. The summed E-state index contributed by atoms with van der Waals surface area (Å²) in [5.74, 6) is -0.478. The Labute approximate surface area is 176 Å². The Morgan fingerprint density at radius 1 is 1.20 bits per heavy atom. The molecule has 8 nitrogen and oxygen atoms in total. The van der Waals surface area contributed by atoms with E-state index in [4.69, 9.17) is 14.2 Å². The van der Waals surface area contributed by atoms with Crippen LogP contribution in [-0.2, 0) is 25.6 Å². The second-order valence-corrected chi connectivity index (χ2v) is 9.05. The molecule has 1 aromatic rings. The maximum atomic E-state index is 12.7. The number of benzene rings is 1. The highest BCUT2D eigenvalue weighted by Crippen LogP contribution is 2.49. The molecule has 3 rings (SSSR count). The van der Waals surface area contributed by atoms with E-state index in [1.807, 2.05) is 30.3 Å². The smallest absolute Gasteiger partial charge is 0.410 e. The Bertz CT molecular complexity index is 791. The number of carbonyl (C=O) groups is 3. The largest absolute Gasteiger partial charge is 0.469 e. The summed E-state index contributed by atoms with van der Waals surface area (Å²) < 4.78 is 15.8. The summed E-state index contributed by atoms with van der Waals surface area (Å²) >= 11 is 0. The first kappa shape index (κ1) is 21.9. The lowest BCUT2D eigenvalue weighted by Gasteiger charge is -2.26. The van der Waals surface area contributed by atoms with Gasteiger partial charge in [-0.25, -0.2) is 9.59 Å². The van der Waals surface area contributed by atoms with E-state index in [1.54, 1.807) is 25.7 Å². The number of hydrogen-bond acceptors (Lipinski definition) is 6. The monoisotopic (exact) mass is 418 g/mol. The Hall–Kier alpha value is -2.77. The molecule has 1 aromatic carbocycles. The van der Waals surface area contributed by atoms with E-state index in [0.29, 0.717) is 19.4 Å². The molecule has 1 saturated carbocycles. The van der Waals surface area contributed by atoms with E-state index in [0.717, 1.165) is 5.56 Å². The predicted molar refractivity (Wildman–Crippen MR) is 109 cm³/mol. The molecule has 0 spiro atoms. The molecule has 2 aliphatic rings. The molecule has 1 saturated heterocycles. The quantitative estimate of drug-likeness (QED) is 0.596. The van der Waals surface area contributed by atoms with Gasteiger partial charge in [0.05, 0.1) is 12.5 Å². The highest BCUT2D eigenvalue weighted by Gasteiger charge is 2.59. The van der Waals surface area contributed by atoms with Crippen molar-refractivity contribution in [3.63, 3.8) is 0 Å². The van der Waals surface area contributed by atoms with Gasteiger partial charge >= 0.3 is 18.2 Å². The molecule has 1 heterocycles. The van der Waals surface area contributed by atoms with Crippen LogP contribution in [0.2, 0.25) is 0 Å². The summed E-state index contributed by atoms with van der Waals surface area (Å²) in [6.45, 7) is 6.16. The number of ether oxygens (including phenoxy) is 3. The fourth-order valence-electron chi connectivity index (χ4n) is 4.42. The van der Waals surface area contributed by atoms with Gasteiger partial charge in [-0.1, -0.05) is 30.3 Å². The molecule has 0 aromatic heterocycles. The van der Waals surface area contributed by atoms with Gasteiger partial charge in [0.1, 0.15) is 12.2 Å². The van der Waals surface area contributed by atoms with E-state index in [9.17, 15) is 14.4 Å². The summed E-state index contributed by atoms with van der Waals surface area (Å²) in [5, 5.41) is 2.85. The van der Waals surface area contributed by atoms with E-state index in [-0.39, 0.29) is 31.1 Å². The Balaban J connectivity index is 1.62. The van der Waals surface area contributed by atoms with Gasteiger partial charge in [-0.05, 0) is 45.1 Å². The standard InChI is InChI=1S/C22H30N2O6/c1-21(2,3)30-19(26)23-17-10-16-12-24(14-22(16,11-17)18(25)28-4)20(27)29-13-15-8-6-5-7-9-15/h5-9,16-17H,10-14H2,1-4H3,(H,23,26). The lowest BCUT2D eigenvalue weighted by Crippen LogP contribution is -2.42. The molecule has 0 radical (unpaired) electrons. The fourth-order valence-corrected chi connectivity index (χ4v) is 4.42. The van der Waals surface area contributed by atoms with Crippen LogP contribution in [0.25, 0.3) is 0 Å². The van der Waals surface area contributed by atoms with Crippen molar-refractivity contribution in [1.29, 1.82) is 0 Å². The molecule has 3 unspecified atom stereocenters. The van der Waals surface area contributed by atoms with E-state index in [2.05, 4.69) is 5.32 Å². The second kappa shape index (κ2) is 8.53. The van der Waals surface area contributed by atoms with Crippen LogP contribution in [0.5, 0.6) is 0 Å². The average molecular weight is 418 g/mol. The van der Waals surface area contributed by atoms with Crippen LogP contribution in [0.1, 0.15) is 39.2 Å². The van der Waals surface area contributed by atoms with Crippen molar-refractivity contribution in [1.82, 2.24) is 10.2 Å². The van der Waals surface area contributed by atoms with Crippen LogP contribution in [0, 0.1) is 11.3 Å². The molecular formula is C22H30N2O6. The first-order valence-electron chi connectivity index (χ1n) is 10.2. The zero-order valence-electron chi connectivity index (χ0n) is 18.0. The topological polar surface area (TPSA) is 94.2 Å². The van der Waals surface area contributed by atoms with Crippen LogP contribution in [0.15, 0.2) is 30.3 Å². The summed E-state index contributed by atoms with van der Waals surface area (Å²) in [4.78, 5) is 39.0. The van der Waals surface area contributed by atoms with Gasteiger partial charge in [0, 0.05) is 19.1 Å². The first-order valence-corrected chi connectivity index (χ1v) is 10.2. The van der Waals surface area contributed by atoms with Gasteiger partial charge in [-0.2, -0.15) is 0 Å². The number of carbonyl (C=O) groups excluding carboxylic acids is 3. The summed E-state index contributed by atoms with van der Waals surface area (Å²) in [7, 11) is 1.35. The van der Waals surface area contributed by atoms with Gasteiger partial charge in [0.25, 0.3) is 0 Å². The normalized spacial score (nSPS) is 25.4. The van der Waals surface area contributed by atoms with Gasteiger partial charge in [-0.15, -0.1) is 0 Å². The number of esters is 1. The Morgan fingerprint density at radius 3 is 2.53 bits per heavy atom. The zero-order valence-corrected chi connectivity index (χ0v) is 18.0. The number of amides is 2. The number of nitrogens with one attached hydrogen (secondary N) is 1. The van der Waals surface area contributed by atoms with Gasteiger partial charge in [0.2, 0.25) is 0 Å². The summed E-state index contributed by atoms with van der Waals surface area (Å²) in [6.07, 6.45) is 0.00265. The van der Waals surface area contributed by atoms with Crippen molar-refractivity contribution in [2.24, 2.45) is 11.3 Å². The fraction of sp³-hybridized carbons (Fsp3) is 0.591. The van der Waals surface area contributed by atoms with Crippen molar-refractivity contribution in [3.05, 3.63) is 35.9 Å². The lowest BCUT2D eigenvalue weighted by molar-refractivity contribution is -0.153. The van der Waals surface area contributed by atoms with Crippen molar-refractivity contribution >= 4 is 18.2 Å². The number of nitrogens with zero attached hydrogens (tertiary/aromatic N) is 1. The van der Waals surface area contributed by atoms with Crippen LogP contribution in [-0.4, -0.2) is 54.9 Å². The zero-order chi connectivity index (χ0) is 21.9. The molecule has 3 atom stereocenters. The van der Waals surface area contributed by atoms with Gasteiger partial charge in [0.15, 0.2) is 0 Å². The number of rotatable bonds is 4. The van der Waals surface area contributed by atoms with E-state index >= 15 is 0 Å². The van der Waals surface area contributed by atoms with Gasteiger partial charge in [-0.3, -0.25) is 4.79 Å². The molecule has 2 fully saturated rings. The van der Waals surface area contributed by atoms with Crippen LogP contribution in [0.4, 0.5) is 9.59 Å². The highest BCUT2D eigenvalue weighted by molar-refractivity contribution is 5.81. The second-order valence-electron chi connectivity index (χ2n) is 9.05. The molecule has 0 bridgehead atoms. The van der Waals surface area contributed by atoms with E-state index < -0.39 is 23.2 Å². The SMILES string of the molecule is COC(=O)C12CC(NC(=O)OC(C)(C)C)CC1CN(C(=O)OCc1ccccc1)C2. The third-order valence-electron chi connectivity index (χ3n) is 5.65. The highest BCUT2D eigenvalue weighted by atomic mass is 16.6. The minimum atomic E-state index is -0.847. The van der Waals surface area contributed by atoms with Crippen LogP contribution < -0.4 is 5.32 Å². The first-order chi connectivity index (χ1) is 14.1. The summed E-state index contributed by atoms with van der Waals surface area (Å²) in [5.41, 5.74) is -0.549. The third-order valence-corrected chi connectivity index (χ3v) is 5.65. The molecule has 164 valence electrons. The molecule has 2 amide bonds. The molecule has 1 N–H and O–H groups in total. The number of hydrogen-bond donors (Lipinski definition) is 1. The summed E-state index contributed by atoms with van der Waals surface area (Å²) in [6, 6.07) is 9.21.